The SMILES string of the molecule is CC(C)COc1ccc(Br)cc1C(=O)Nc1cccc(OCC2CCCO2)c1. The zero-order chi connectivity index (χ0) is 19.9. The maximum absolute atomic E-state index is 12.8. The third-order valence-electron chi connectivity index (χ3n) is 4.31. The van der Waals surface area contributed by atoms with E-state index in [1.807, 2.05) is 36.4 Å². The Morgan fingerprint density at radius 2 is 2.11 bits per heavy atom. The average molecular weight is 448 g/mol. The minimum atomic E-state index is -0.226. The van der Waals surface area contributed by atoms with Gasteiger partial charge in [-0.25, -0.2) is 0 Å². The van der Waals surface area contributed by atoms with E-state index < -0.39 is 0 Å². The van der Waals surface area contributed by atoms with Crippen LogP contribution in [0.15, 0.2) is 46.9 Å². The van der Waals surface area contributed by atoms with Crippen LogP contribution in [-0.2, 0) is 4.74 Å². The molecule has 1 unspecified atom stereocenters. The molecular formula is C22H26BrNO4. The Hall–Kier alpha value is -2.05. The Bertz CT molecular complexity index is 803. The highest BCUT2D eigenvalue weighted by molar-refractivity contribution is 9.10. The summed E-state index contributed by atoms with van der Waals surface area (Å²) in [4.78, 5) is 12.8. The van der Waals surface area contributed by atoms with Gasteiger partial charge in [0.25, 0.3) is 5.91 Å². The molecule has 1 atom stereocenters. The van der Waals surface area contributed by atoms with Gasteiger partial charge >= 0.3 is 0 Å². The number of hydrogen-bond donors (Lipinski definition) is 1. The number of anilines is 1. The molecule has 1 fully saturated rings. The van der Waals surface area contributed by atoms with Gasteiger partial charge in [0, 0.05) is 22.8 Å². The van der Waals surface area contributed by atoms with Crippen molar-refractivity contribution in [2.45, 2.75) is 32.8 Å². The van der Waals surface area contributed by atoms with E-state index in [1.165, 1.54) is 0 Å². The fourth-order valence-electron chi connectivity index (χ4n) is 2.89. The molecule has 1 aliphatic rings. The minimum absolute atomic E-state index is 0.153. The lowest BCUT2D eigenvalue weighted by molar-refractivity contribution is 0.0680. The Morgan fingerprint density at radius 3 is 2.86 bits per heavy atom. The van der Waals surface area contributed by atoms with Crippen molar-refractivity contribution in [2.24, 2.45) is 5.92 Å². The molecule has 28 heavy (non-hydrogen) atoms. The molecule has 3 rings (SSSR count). The molecule has 0 radical (unpaired) electrons. The highest BCUT2D eigenvalue weighted by atomic mass is 79.9. The molecule has 1 heterocycles. The van der Waals surface area contributed by atoms with Crippen LogP contribution in [0, 0.1) is 5.92 Å². The van der Waals surface area contributed by atoms with Crippen LogP contribution in [0.5, 0.6) is 11.5 Å². The van der Waals surface area contributed by atoms with Gasteiger partial charge in [-0.1, -0.05) is 35.8 Å². The zero-order valence-corrected chi connectivity index (χ0v) is 17.8. The summed E-state index contributed by atoms with van der Waals surface area (Å²) < 4.78 is 18.0. The fraction of sp³-hybridized carbons (Fsp3) is 0.409. The van der Waals surface area contributed by atoms with Gasteiger partial charge in [0.1, 0.15) is 18.1 Å². The molecule has 0 aromatic heterocycles. The zero-order valence-electron chi connectivity index (χ0n) is 16.2. The van der Waals surface area contributed by atoms with Crippen molar-refractivity contribution in [3.8, 4) is 11.5 Å². The second-order valence-corrected chi connectivity index (χ2v) is 8.19. The third-order valence-corrected chi connectivity index (χ3v) is 4.80. The number of halogens is 1. The molecule has 6 heteroatoms. The van der Waals surface area contributed by atoms with Crippen molar-refractivity contribution in [2.75, 3.05) is 25.1 Å². The summed E-state index contributed by atoms with van der Waals surface area (Å²) in [6, 6.07) is 12.8. The van der Waals surface area contributed by atoms with Crippen LogP contribution in [0.25, 0.3) is 0 Å². The monoisotopic (exact) mass is 447 g/mol. The van der Waals surface area contributed by atoms with E-state index in [0.29, 0.717) is 41.9 Å². The standard InChI is InChI=1S/C22H26BrNO4/c1-15(2)13-28-21-9-8-16(23)11-20(21)22(25)24-17-5-3-6-18(12-17)27-14-19-7-4-10-26-19/h3,5-6,8-9,11-12,15,19H,4,7,10,13-14H2,1-2H3,(H,24,25). The highest BCUT2D eigenvalue weighted by Gasteiger charge is 2.17. The molecule has 1 N–H and O–H groups in total. The molecule has 0 saturated carbocycles. The van der Waals surface area contributed by atoms with Gasteiger partial charge in [-0.15, -0.1) is 0 Å². The van der Waals surface area contributed by atoms with Gasteiger partial charge in [-0.05, 0) is 49.1 Å². The largest absolute Gasteiger partial charge is 0.492 e. The highest BCUT2D eigenvalue weighted by Crippen LogP contribution is 2.26. The molecule has 5 nitrogen and oxygen atoms in total. The van der Waals surface area contributed by atoms with E-state index in [9.17, 15) is 4.79 Å². The van der Waals surface area contributed by atoms with Crippen molar-refractivity contribution >= 4 is 27.5 Å². The molecule has 1 saturated heterocycles. The molecule has 1 amide bonds. The number of ether oxygens (including phenoxy) is 3. The van der Waals surface area contributed by atoms with Gasteiger partial charge in [-0.2, -0.15) is 0 Å². The molecule has 150 valence electrons. The van der Waals surface area contributed by atoms with Crippen LogP contribution in [0.2, 0.25) is 0 Å². The molecule has 2 aromatic rings. The first kappa shape index (κ1) is 20.7. The molecular weight excluding hydrogens is 422 g/mol. The summed E-state index contributed by atoms with van der Waals surface area (Å²) >= 11 is 3.43. The summed E-state index contributed by atoms with van der Waals surface area (Å²) in [6.07, 6.45) is 2.26. The van der Waals surface area contributed by atoms with Crippen LogP contribution in [0.3, 0.4) is 0 Å². The van der Waals surface area contributed by atoms with Crippen LogP contribution in [0.1, 0.15) is 37.0 Å². The number of rotatable bonds is 8. The van der Waals surface area contributed by atoms with Crippen molar-refractivity contribution < 1.29 is 19.0 Å². The van der Waals surface area contributed by atoms with E-state index in [4.69, 9.17) is 14.2 Å². The van der Waals surface area contributed by atoms with E-state index in [1.54, 1.807) is 6.07 Å². The Morgan fingerprint density at radius 1 is 1.25 bits per heavy atom. The predicted octanol–water partition coefficient (Wildman–Crippen LogP) is 5.29. The minimum Gasteiger partial charge on any atom is -0.492 e. The molecule has 0 aliphatic carbocycles. The quantitative estimate of drug-likeness (QED) is 0.596. The number of benzene rings is 2. The number of hydrogen-bond acceptors (Lipinski definition) is 4. The van der Waals surface area contributed by atoms with Crippen molar-refractivity contribution in [3.63, 3.8) is 0 Å². The second kappa shape index (κ2) is 9.94. The molecule has 1 aliphatic heterocycles. The van der Waals surface area contributed by atoms with Gasteiger partial charge < -0.3 is 19.5 Å². The predicted molar refractivity (Wildman–Crippen MR) is 113 cm³/mol. The van der Waals surface area contributed by atoms with Crippen LogP contribution in [-0.4, -0.2) is 31.8 Å². The van der Waals surface area contributed by atoms with Crippen molar-refractivity contribution in [1.29, 1.82) is 0 Å². The van der Waals surface area contributed by atoms with Crippen LogP contribution >= 0.6 is 15.9 Å². The molecule has 0 spiro atoms. The van der Waals surface area contributed by atoms with Crippen LogP contribution in [0.4, 0.5) is 5.69 Å². The average Bonchev–Trinajstić information content (AvgIpc) is 3.19. The number of nitrogens with one attached hydrogen (secondary N) is 1. The van der Waals surface area contributed by atoms with Crippen LogP contribution < -0.4 is 14.8 Å². The number of carbonyl (C=O) groups is 1. The maximum atomic E-state index is 12.8. The summed E-state index contributed by atoms with van der Waals surface area (Å²) in [5, 5.41) is 2.93. The lowest BCUT2D eigenvalue weighted by atomic mass is 10.1. The smallest absolute Gasteiger partial charge is 0.259 e. The number of carbonyl (C=O) groups excluding carboxylic acids is 1. The second-order valence-electron chi connectivity index (χ2n) is 7.27. The fourth-order valence-corrected chi connectivity index (χ4v) is 3.25. The topological polar surface area (TPSA) is 56.8 Å². The van der Waals surface area contributed by atoms with Gasteiger partial charge in [-0.3, -0.25) is 4.79 Å². The first-order valence-electron chi connectivity index (χ1n) is 9.59. The first-order valence-corrected chi connectivity index (χ1v) is 10.4. The van der Waals surface area contributed by atoms with Crippen molar-refractivity contribution in [1.82, 2.24) is 0 Å². The first-order chi connectivity index (χ1) is 13.5. The summed E-state index contributed by atoms with van der Waals surface area (Å²) in [5.41, 5.74) is 1.16. The van der Waals surface area contributed by atoms with Gasteiger partial charge in [0.2, 0.25) is 0 Å². The van der Waals surface area contributed by atoms with Gasteiger partial charge in [0.05, 0.1) is 18.3 Å². The summed E-state index contributed by atoms with van der Waals surface area (Å²) in [6.45, 7) is 6.02. The Labute approximate surface area is 174 Å². The Balaban J connectivity index is 1.67. The summed E-state index contributed by atoms with van der Waals surface area (Å²) in [5.74, 6) is 1.42. The third kappa shape index (κ3) is 5.97. The maximum Gasteiger partial charge on any atom is 0.259 e. The lowest BCUT2D eigenvalue weighted by Gasteiger charge is -2.15. The van der Waals surface area contributed by atoms with E-state index in [-0.39, 0.29) is 12.0 Å². The van der Waals surface area contributed by atoms with Crippen molar-refractivity contribution in [3.05, 3.63) is 52.5 Å². The normalized spacial score (nSPS) is 16.2. The van der Waals surface area contributed by atoms with E-state index >= 15 is 0 Å². The van der Waals surface area contributed by atoms with E-state index in [2.05, 4.69) is 35.1 Å². The Kier molecular flexibility index (Phi) is 7.34. The molecule has 0 bridgehead atoms. The molecule has 2 aromatic carbocycles. The van der Waals surface area contributed by atoms with Gasteiger partial charge in [0.15, 0.2) is 0 Å². The lowest BCUT2D eigenvalue weighted by Crippen LogP contribution is -2.17. The number of amides is 1. The van der Waals surface area contributed by atoms with E-state index in [0.717, 1.165) is 23.9 Å². The summed E-state index contributed by atoms with van der Waals surface area (Å²) in [7, 11) is 0.